The van der Waals surface area contributed by atoms with Gasteiger partial charge in [0.05, 0.1) is 41.2 Å². The number of hydrogen-bond donors (Lipinski definition) is 7. The average Bonchev–Trinajstić information content (AvgIpc) is 4.23. The summed E-state index contributed by atoms with van der Waals surface area (Å²) in [4.78, 5) is 69.4. The molecule has 0 radical (unpaired) electrons. The standard InChI is InChI=1S/C25H21N7O3.C25H20N6O3/c1-14-9-22(31-30-14)26-12-20-19-10-16(5-8-21(19)29-25(20)35)23(33)15-3-6-18(7-4-15)28-24(34)17-11-27-32(2)13-17;1-31-14-17(12-28-31)24(33)29-18-7-4-15(5-8-18)23(32)16-6-9-21-19(11-16)20(25(34)30-21)13-27-22-3-2-10-26-22/h3-13,29,35H,1-2H3,(H,28,34)(H,30,31);2-9,11-14,30,34H,10H2,1H3,(H,29,33). The van der Waals surface area contributed by atoms with Crippen molar-refractivity contribution in [3.05, 3.63) is 178 Å². The molecule has 19 nitrogen and oxygen atoms in total. The number of carbonyl (C=O) groups is 4. The molecule has 0 aliphatic carbocycles. The monoisotopic (exact) mass is 919 g/mol. The summed E-state index contributed by atoms with van der Waals surface area (Å²) in [6, 6.07) is 25.4. The van der Waals surface area contributed by atoms with Gasteiger partial charge in [-0.2, -0.15) is 15.3 Å². The van der Waals surface area contributed by atoms with Crippen LogP contribution in [0, 0.1) is 6.92 Å². The number of H-pyrrole nitrogens is 3. The molecule has 4 aromatic carbocycles. The highest BCUT2D eigenvalue weighted by Gasteiger charge is 2.18. The number of aromatic nitrogens is 8. The minimum Gasteiger partial charge on any atom is -0.494 e. The Kier molecular flexibility index (Phi) is 12.2. The highest BCUT2D eigenvalue weighted by molar-refractivity contribution is 6.15. The third kappa shape index (κ3) is 9.92. The summed E-state index contributed by atoms with van der Waals surface area (Å²) >= 11 is 0. The SMILES string of the molecule is Cc1cc(N=Cc2c(O)[nH]c3ccc(C(=O)c4ccc(NC(=O)c5cnn(C)c5)cc4)cc23)n[nH]1.Cn1cc(C(=O)Nc2ccc(C(=O)c3ccc4[nH]c(O)c(C=NC5=NCC=C5)c4c3)cc2)cn1. The number of carbonyl (C=O) groups excluding carboxylic acids is 4. The van der Waals surface area contributed by atoms with Gasteiger partial charge >= 0.3 is 0 Å². The van der Waals surface area contributed by atoms with E-state index in [0.717, 1.165) is 5.69 Å². The number of aromatic amines is 3. The molecule has 0 saturated carbocycles. The number of hydrogen-bond acceptors (Lipinski definition) is 12. The van der Waals surface area contributed by atoms with Crippen molar-refractivity contribution in [3.63, 3.8) is 0 Å². The van der Waals surface area contributed by atoms with Gasteiger partial charge in [0.25, 0.3) is 11.8 Å². The van der Waals surface area contributed by atoms with Crippen LogP contribution in [-0.2, 0) is 14.1 Å². The number of amidine groups is 1. The van der Waals surface area contributed by atoms with Crippen molar-refractivity contribution in [2.45, 2.75) is 6.92 Å². The predicted molar refractivity (Wildman–Crippen MR) is 262 cm³/mol. The first kappa shape index (κ1) is 44.4. The molecular formula is C50H41N13O6. The van der Waals surface area contributed by atoms with Crippen molar-refractivity contribution in [2.24, 2.45) is 29.1 Å². The van der Waals surface area contributed by atoms with Crippen LogP contribution in [0.2, 0.25) is 0 Å². The zero-order valence-corrected chi connectivity index (χ0v) is 37.1. The number of nitrogens with one attached hydrogen (secondary N) is 5. The number of anilines is 2. The molecule has 9 aromatic rings. The van der Waals surface area contributed by atoms with Crippen LogP contribution >= 0.6 is 0 Å². The van der Waals surface area contributed by atoms with E-state index in [1.54, 1.807) is 133 Å². The molecule has 0 atom stereocenters. The molecular weight excluding hydrogens is 879 g/mol. The lowest BCUT2D eigenvalue weighted by atomic mass is 10.0. The zero-order valence-electron chi connectivity index (χ0n) is 37.1. The van der Waals surface area contributed by atoms with Crippen LogP contribution in [0.15, 0.2) is 143 Å². The number of amides is 2. The minimum atomic E-state index is -0.283. The molecule has 69 heavy (non-hydrogen) atoms. The van der Waals surface area contributed by atoms with Crippen molar-refractivity contribution in [3.8, 4) is 11.8 Å². The maximum absolute atomic E-state index is 13.1. The van der Waals surface area contributed by atoms with E-state index in [0.29, 0.717) is 95.9 Å². The van der Waals surface area contributed by atoms with Crippen LogP contribution in [0.4, 0.5) is 17.2 Å². The molecule has 19 heteroatoms. The van der Waals surface area contributed by atoms with Crippen molar-refractivity contribution in [2.75, 3.05) is 17.2 Å². The fraction of sp³-hybridized carbons (Fsp3) is 0.0800. The highest BCUT2D eigenvalue weighted by Crippen LogP contribution is 2.30. The Bertz CT molecular complexity index is 3560. The van der Waals surface area contributed by atoms with Crippen molar-refractivity contribution < 1.29 is 29.4 Å². The first-order valence-corrected chi connectivity index (χ1v) is 21.3. The zero-order chi connectivity index (χ0) is 48.2. The second-order valence-corrected chi connectivity index (χ2v) is 15.8. The van der Waals surface area contributed by atoms with Gasteiger partial charge in [0, 0.05) is 106 Å². The predicted octanol–water partition coefficient (Wildman–Crippen LogP) is 7.35. The maximum Gasteiger partial charge on any atom is 0.258 e. The number of ketones is 2. The molecule has 6 heterocycles. The molecule has 342 valence electrons. The number of benzene rings is 4. The van der Waals surface area contributed by atoms with Gasteiger partial charge in [-0.3, -0.25) is 38.6 Å². The number of aliphatic imine (C=N–C) groups is 3. The van der Waals surface area contributed by atoms with Crippen LogP contribution < -0.4 is 10.6 Å². The average molecular weight is 920 g/mol. The Morgan fingerprint density at radius 3 is 1.54 bits per heavy atom. The van der Waals surface area contributed by atoms with Crippen LogP contribution in [0.3, 0.4) is 0 Å². The van der Waals surface area contributed by atoms with Gasteiger partial charge in [-0.25, -0.2) is 9.98 Å². The summed E-state index contributed by atoms with van der Waals surface area (Å²) in [6.45, 7) is 2.46. The number of rotatable bonds is 11. The van der Waals surface area contributed by atoms with Crippen molar-refractivity contribution in [1.82, 2.24) is 39.7 Å². The lowest BCUT2D eigenvalue weighted by Crippen LogP contribution is -2.11. The number of nitrogens with zero attached hydrogens (tertiary/aromatic N) is 8. The van der Waals surface area contributed by atoms with Gasteiger partial charge in [-0.1, -0.05) is 6.08 Å². The molecule has 5 aromatic heterocycles. The van der Waals surface area contributed by atoms with Gasteiger partial charge in [0.2, 0.25) is 0 Å². The van der Waals surface area contributed by atoms with Crippen molar-refractivity contribution >= 4 is 80.6 Å². The number of aryl methyl sites for hydroxylation is 3. The molecule has 0 fully saturated rings. The van der Waals surface area contributed by atoms with E-state index in [1.807, 2.05) is 13.0 Å². The van der Waals surface area contributed by atoms with Gasteiger partial charge in [0.15, 0.2) is 29.1 Å². The van der Waals surface area contributed by atoms with E-state index in [2.05, 4.69) is 56.0 Å². The smallest absolute Gasteiger partial charge is 0.258 e. The second kappa shape index (κ2) is 19.0. The lowest BCUT2D eigenvalue weighted by Gasteiger charge is -2.06. The summed E-state index contributed by atoms with van der Waals surface area (Å²) in [5, 5.41) is 42.4. The molecule has 10 rings (SSSR count). The minimum absolute atomic E-state index is 0.0281. The first-order valence-electron chi connectivity index (χ1n) is 21.3. The second-order valence-electron chi connectivity index (χ2n) is 15.8. The molecule has 0 spiro atoms. The van der Waals surface area contributed by atoms with E-state index in [1.165, 1.54) is 24.8 Å². The maximum atomic E-state index is 13.1. The molecule has 7 N–H and O–H groups in total. The van der Waals surface area contributed by atoms with E-state index in [-0.39, 0.29) is 35.1 Å². The van der Waals surface area contributed by atoms with Crippen LogP contribution in [0.5, 0.6) is 11.8 Å². The van der Waals surface area contributed by atoms with Crippen LogP contribution in [0.25, 0.3) is 21.8 Å². The molecule has 0 saturated heterocycles. The molecule has 1 aliphatic rings. The summed E-state index contributed by atoms with van der Waals surface area (Å²) in [6.07, 6.45) is 13.0. The molecule has 0 bridgehead atoms. The quantitative estimate of drug-likeness (QED) is 0.0504. The van der Waals surface area contributed by atoms with E-state index in [4.69, 9.17) is 0 Å². The molecule has 2 amide bonds. The van der Waals surface area contributed by atoms with Gasteiger partial charge < -0.3 is 30.8 Å². The van der Waals surface area contributed by atoms with Gasteiger partial charge in [-0.15, -0.1) is 0 Å². The van der Waals surface area contributed by atoms with Crippen LogP contribution in [-0.4, -0.2) is 98.1 Å². The van der Waals surface area contributed by atoms with Crippen LogP contribution in [0.1, 0.15) is 69.4 Å². The normalized spacial score (nSPS) is 12.2. The lowest BCUT2D eigenvalue weighted by molar-refractivity contribution is 0.101. The highest BCUT2D eigenvalue weighted by atomic mass is 16.3. The Morgan fingerprint density at radius 2 is 1.12 bits per heavy atom. The largest absolute Gasteiger partial charge is 0.494 e. The number of fused-ring (bicyclic) bond motifs is 2. The Balaban J connectivity index is 0.000000172. The summed E-state index contributed by atoms with van der Waals surface area (Å²) < 4.78 is 3.10. The Labute approximate surface area is 391 Å². The fourth-order valence-electron chi connectivity index (χ4n) is 7.34. The Hall–Kier alpha value is -9.78. The Morgan fingerprint density at radius 1 is 0.638 bits per heavy atom. The van der Waals surface area contributed by atoms with Gasteiger partial charge in [-0.05, 0) is 97.9 Å². The number of aromatic hydroxyl groups is 2. The summed E-state index contributed by atoms with van der Waals surface area (Å²) in [5.74, 6) is 0.0549. The molecule has 1 aliphatic heterocycles. The summed E-state index contributed by atoms with van der Waals surface area (Å²) in [7, 11) is 3.47. The molecule has 0 unspecified atom stereocenters. The van der Waals surface area contributed by atoms with Gasteiger partial charge in [0.1, 0.15) is 5.84 Å². The third-order valence-electron chi connectivity index (χ3n) is 10.9. The summed E-state index contributed by atoms with van der Waals surface area (Å²) in [5.41, 5.74) is 7.05. The fourth-order valence-corrected chi connectivity index (χ4v) is 7.34. The van der Waals surface area contributed by atoms with E-state index >= 15 is 0 Å². The third-order valence-corrected chi connectivity index (χ3v) is 10.9. The topological polar surface area (TPSA) is 266 Å². The van der Waals surface area contributed by atoms with Crippen molar-refractivity contribution in [1.29, 1.82) is 0 Å². The van der Waals surface area contributed by atoms with E-state index < -0.39 is 0 Å². The van der Waals surface area contributed by atoms with E-state index in [9.17, 15) is 29.4 Å². The first-order chi connectivity index (χ1) is 33.3.